The van der Waals surface area contributed by atoms with Crippen molar-refractivity contribution in [3.05, 3.63) is 0 Å². The maximum atomic E-state index is 12.5. The van der Waals surface area contributed by atoms with Crippen molar-refractivity contribution in [2.45, 2.75) is 57.4 Å². The van der Waals surface area contributed by atoms with E-state index in [0.29, 0.717) is 12.1 Å². The molecule has 0 unspecified atom stereocenters. The van der Waals surface area contributed by atoms with Gasteiger partial charge in [0.05, 0.1) is 0 Å². The molecule has 0 aromatic carbocycles. The van der Waals surface area contributed by atoms with Gasteiger partial charge in [0.25, 0.3) is 0 Å². The molecule has 0 spiro atoms. The molecule has 0 aromatic rings. The fourth-order valence-electron chi connectivity index (χ4n) is 3.39. The first kappa shape index (κ1) is 14.2. The molecule has 0 atom stereocenters. The second-order valence-electron chi connectivity index (χ2n) is 6.80. The molecule has 114 valence electrons. The van der Waals surface area contributed by atoms with Gasteiger partial charge in [0.1, 0.15) is 0 Å². The number of piperidine rings is 1. The van der Waals surface area contributed by atoms with E-state index in [0.717, 1.165) is 44.9 Å². The van der Waals surface area contributed by atoms with Crippen molar-refractivity contribution in [3.63, 3.8) is 0 Å². The van der Waals surface area contributed by atoms with Crippen LogP contribution in [0.3, 0.4) is 0 Å². The largest absolute Gasteiger partial charge is 0.325 e. The summed E-state index contributed by atoms with van der Waals surface area (Å²) in [4.78, 5) is 16.7. The number of rotatable bonds is 3. The van der Waals surface area contributed by atoms with Crippen molar-refractivity contribution in [3.8, 4) is 0 Å². The van der Waals surface area contributed by atoms with Crippen LogP contribution in [0.15, 0.2) is 0 Å². The van der Waals surface area contributed by atoms with Crippen LogP contribution in [0.5, 0.6) is 0 Å². The van der Waals surface area contributed by atoms with Gasteiger partial charge >= 0.3 is 6.03 Å². The number of hydrogen-bond donors (Lipinski definition) is 1. The van der Waals surface area contributed by atoms with Crippen LogP contribution in [-0.2, 0) is 0 Å². The van der Waals surface area contributed by atoms with Crippen molar-refractivity contribution in [2.24, 2.45) is 5.92 Å². The molecule has 2 saturated heterocycles. The molecule has 2 heterocycles. The van der Waals surface area contributed by atoms with E-state index in [1.165, 1.54) is 45.1 Å². The summed E-state index contributed by atoms with van der Waals surface area (Å²) in [6.45, 7) is 5.03. The Hall–Kier alpha value is -0.770. The average Bonchev–Trinajstić information content (AvgIpc) is 3.31. The van der Waals surface area contributed by atoms with Crippen LogP contribution in [0, 0.1) is 5.92 Å². The Labute approximate surface area is 122 Å². The van der Waals surface area contributed by atoms with Crippen LogP contribution in [0.1, 0.15) is 51.4 Å². The molecule has 1 N–H and O–H groups in total. The van der Waals surface area contributed by atoms with Gasteiger partial charge in [0, 0.05) is 32.2 Å². The lowest BCUT2D eigenvalue weighted by molar-refractivity contribution is 0.138. The predicted molar refractivity (Wildman–Crippen MR) is 80.8 cm³/mol. The Balaban J connectivity index is 1.40. The van der Waals surface area contributed by atoms with E-state index in [2.05, 4.69) is 15.1 Å². The zero-order chi connectivity index (χ0) is 13.8. The van der Waals surface area contributed by atoms with Crippen LogP contribution >= 0.6 is 0 Å². The number of carbonyl (C=O) groups is 1. The molecule has 0 bridgehead atoms. The van der Waals surface area contributed by atoms with E-state index in [4.69, 9.17) is 0 Å². The maximum Gasteiger partial charge on any atom is 0.319 e. The summed E-state index contributed by atoms with van der Waals surface area (Å²) in [6, 6.07) is 0.941. The van der Waals surface area contributed by atoms with Gasteiger partial charge < -0.3 is 15.1 Å². The van der Waals surface area contributed by atoms with Crippen LogP contribution in [-0.4, -0.2) is 54.6 Å². The Kier molecular flexibility index (Phi) is 4.81. The van der Waals surface area contributed by atoms with E-state index in [-0.39, 0.29) is 0 Å². The summed E-state index contributed by atoms with van der Waals surface area (Å²) >= 11 is 0. The van der Waals surface area contributed by atoms with E-state index in [1.807, 2.05) is 0 Å². The number of urea groups is 1. The zero-order valence-electron chi connectivity index (χ0n) is 12.6. The molecule has 3 fully saturated rings. The highest BCUT2D eigenvalue weighted by atomic mass is 16.2. The monoisotopic (exact) mass is 279 g/mol. The smallest absolute Gasteiger partial charge is 0.319 e. The first-order valence-electron chi connectivity index (χ1n) is 8.60. The highest BCUT2D eigenvalue weighted by molar-refractivity contribution is 5.74. The van der Waals surface area contributed by atoms with Gasteiger partial charge in [-0.25, -0.2) is 4.79 Å². The van der Waals surface area contributed by atoms with Crippen molar-refractivity contribution in [1.29, 1.82) is 0 Å². The molecular formula is C16H29N3O. The molecule has 3 rings (SSSR count). The molecule has 4 heteroatoms. The minimum atomic E-state index is 0.299. The summed E-state index contributed by atoms with van der Waals surface area (Å²) < 4.78 is 0. The van der Waals surface area contributed by atoms with Crippen LogP contribution < -0.4 is 5.32 Å². The number of hydrogen-bond acceptors (Lipinski definition) is 2. The highest BCUT2D eigenvalue weighted by Gasteiger charge is 2.28. The number of nitrogens with one attached hydrogen (secondary N) is 1. The van der Waals surface area contributed by atoms with E-state index in [1.54, 1.807) is 0 Å². The third-order valence-electron chi connectivity index (χ3n) is 5.03. The normalized spacial score (nSPS) is 25.6. The lowest BCUT2D eigenvalue weighted by Gasteiger charge is -2.36. The lowest BCUT2D eigenvalue weighted by atomic mass is 10.1. The van der Waals surface area contributed by atoms with Gasteiger partial charge in [0.2, 0.25) is 0 Å². The predicted octanol–water partition coefficient (Wildman–Crippen LogP) is 2.45. The summed E-state index contributed by atoms with van der Waals surface area (Å²) in [5.74, 6) is 0.951. The number of amides is 2. The number of likely N-dealkylation sites (tertiary alicyclic amines) is 2. The molecule has 3 aliphatic rings. The Morgan fingerprint density at radius 2 is 1.45 bits per heavy atom. The molecular weight excluding hydrogens is 250 g/mol. The van der Waals surface area contributed by atoms with Gasteiger partial charge in [-0.3, -0.25) is 0 Å². The summed E-state index contributed by atoms with van der Waals surface area (Å²) in [6.07, 6.45) is 10.0. The second-order valence-corrected chi connectivity index (χ2v) is 6.80. The van der Waals surface area contributed by atoms with Crippen molar-refractivity contribution in [2.75, 3.05) is 32.7 Å². The third kappa shape index (κ3) is 3.87. The third-order valence-corrected chi connectivity index (χ3v) is 5.03. The molecule has 4 nitrogen and oxygen atoms in total. The fourth-order valence-corrected chi connectivity index (χ4v) is 3.39. The van der Waals surface area contributed by atoms with E-state index >= 15 is 0 Å². The van der Waals surface area contributed by atoms with Crippen molar-refractivity contribution in [1.82, 2.24) is 15.1 Å². The molecule has 0 radical (unpaired) electrons. The summed E-state index contributed by atoms with van der Waals surface area (Å²) in [7, 11) is 0. The van der Waals surface area contributed by atoms with Crippen LogP contribution in [0.4, 0.5) is 4.79 Å². The molecule has 2 aliphatic heterocycles. The molecule has 0 aromatic heterocycles. The van der Waals surface area contributed by atoms with Crippen molar-refractivity contribution >= 4 is 6.03 Å². The summed E-state index contributed by atoms with van der Waals surface area (Å²) in [5.41, 5.74) is 0. The van der Waals surface area contributed by atoms with Gasteiger partial charge in [-0.2, -0.15) is 0 Å². The minimum absolute atomic E-state index is 0.299. The first-order chi connectivity index (χ1) is 9.83. The second kappa shape index (κ2) is 6.79. The fraction of sp³-hybridized carbons (Fsp3) is 0.938. The SMILES string of the molecule is O=C(N1CCCCCC1)N1CCC(NCC2CC2)CC1. The van der Waals surface area contributed by atoms with E-state index < -0.39 is 0 Å². The lowest BCUT2D eigenvalue weighted by Crippen LogP contribution is -2.50. The zero-order valence-corrected chi connectivity index (χ0v) is 12.6. The Morgan fingerprint density at radius 3 is 2.05 bits per heavy atom. The van der Waals surface area contributed by atoms with Gasteiger partial charge in [-0.05, 0) is 51.0 Å². The molecule has 20 heavy (non-hydrogen) atoms. The average molecular weight is 279 g/mol. The van der Waals surface area contributed by atoms with Crippen molar-refractivity contribution < 1.29 is 4.79 Å². The minimum Gasteiger partial charge on any atom is -0.325 e. The topological polar surface area (TPSA) is 35.6 Å². The van der Waals surface area contributed by atoms with Crippen LogP contribution in [0.25, 0.3) is 0 Å². The Morgan fingerprint density at radius 1 is 0.850 bits per heavy atom. The molecule has 1 saturated carbocycles. The molecule has 1 aliphatic carbocycles. The Bertz CT molecular complexity index is 314. The highest BCUT2D eigenvalue weighted by Crippen LogP contribution is 2.28. The van der Waals surface area contributed by atoms with Crippen LogP contribution in [0.2, 0.25) is 0 Å². The van der Waals surface area contributed by atoms with Gasteiger partial charge in [0.15, 0.2) is 0 Å². The quantitative estimate of drug-likeness (QED) is 0.861. The first-order valence-corrected chi connectivity index (χ1v) is 8.60. The van der Waals surface area contributed by atoms with E-state index in [9.17, 15) is 4.79 Å². The number of carbonyl (C=O) groups excluding carboxylic acids is 1. The van der Waals surface area contributed by atoms with Gasteiger partial charge in [-0.15, -0.1) is 0 Å². The summed E-state index contributed by atoms with van der Waals surface area (Å²) in [5, 5.41) is 3.68. The molecule has 2 amide bonds. The standard InChI is InChI=1S/C16H29N3O/c20-16(18-9-3-1-2-4-10-18)19-11-7-15(8-12-19)17-13-14-5-6-14/h14-15,17H,1-13H2. The van der Waals surface area contributed by atoms with Gasteiger partial charge in [-0.1, -0.05) is 12.8 Å². The number of nitrogens with zero attached hydrogens (tertiary/aromatic N) is 2. The maximum absolute atomic E-state index is 12.5.